The normalized spacial score (nSPS) is 33.2. The molecular weight excluding hydrogens is 332 g/mol. The van der Waals surface area contributed by atoms with Gasteiger partial charge >= 0.3 is 0 Å². The van der Waals surface area contributed by atoms with Crippen molar-refractivity contribution in [1.29, 1.82) is 0 Å². The average Bonchev–Trinajstić information content (AvgIpc) is 2.50. The van der Waals surface area contributed by atoms with Crippen LogP contribution in [-0.4, -0.2) is 90.8 Å². The van der Waals surface area contributed by atoms with Crippen LogP contribution in [0.2, 0.25) is 0 Å². The van der Waals surface area contributed by atoms with Gasteiger partial charge in [0.05, 0.1) is 5.60 Å². The molecular formula is C16H34N2O7. The molecule has 0 spiro atoms. The van der Waals surface area contributed by atoms with Gasteiger partial charge in [-0.2, -0.15) is 0 Å². The summed E-state index contributed by atoms with van der Waals surface area (Å²) < 4.78 is 22.3. The quantitative estimate of drug-likeness (QED) is 0.245. The van der Waals surface area contributed by atoms with Gasteiger partial charge in [-0.25, -0.2) is 0 Å². The Labute approximate surface area is 149 Å². The maximum Gasteiger partial charge on any atom is 0.187 e. The lowest BCUT2D eigenvalue weighted by Gasteiger charge is -2.45. The third kappa shape index (κ3) is 7.05. The molecule has 0 aromatic carbocycles. The summed E-state index contributed by atoms with van der Waals surface area (Å²) in [6.07, 6.45) is -7.02. The molecule has 7 unspecified atom stereocenters. The average molecular weight is 366 g/mol. The van der Waals surface area contributed by atoms with Gasteiger partial charge < -0.3 is 45.3 Å². The first-order valence-electron chi connectivity index (χ1n) is 8.57. The van der Waals surface area contributed by atoms with Gasteiger partial charge in [0.15, 0.2) is 12.6 Å². The molecule has 0 radical (unpaired) electrons. The summed E-state index contributed by atoms with van der Waals surface area (Å²) in [6.45, 7) is 8.32. The highest BCUT2D eigenvalue weighted by atomic mass is 16.7. The molecule has 6 N–H and O–H groups in total. The first-order chi connectivity index (χ1) is 11.6. The van der Waals surface area contributed by atoms with Crippen molar-refractivity contribution in [2.24, 2.45) is 5.73 Å². The zero-order valence-electron chi connectivity index (χ0n) is 15.7. The number of nitrogens with two attached hydrogens (primary N) is 1. The smallest absolute Gasteiger partial charge is 0.187 e. The summed E-state index contributed by atoms with van der Waals surface area (Å²) in [5.74, 6) is 0. The van der Waals surface area contributed by atoms with Crippen LogP contribution < -0.4 is 11.1 Å². The maximum absolute atomic E-state index is 10.5. The van der Waals surface area contributed by atoms with Crippen molar-refractivity contribution in [2.45, 2.75) is 76.4 Å². The van der Waals surface area contributed by atoms with E-state index in [1.165, 1.54) is 14.0 Å². The molecule has 0 aliphatic carbocycles. The van der Waals surface area contributed by atoms with Crippen molar-refractivity contribution in [3.63, 3.8) is 0 Å². The minimum Gasteiger partial charge on any atom is -0.388 e. The van der Waals surface area contributed by atoms with E-state index in [1.807, 2.05) is 20.8 Å². The van der Waals surface area contributed by atoms with Gasteiger partial charge in [-0.15, -0.1) is 0 Å². The van der Waals surface area contributed by atoms with E-state index in [-0.39, 0.29) is 0 Å². The lowest BCUT2D eigenvalue weighted by Crippen LogP contribution is -2.63. The minimum atomic E-state index is -1.30. The number of hydrogen-bond donors (Lipinski definition) is 5. The molecule has 1 heterocycles. The van der Waals surface area contributed by atoms with Crippen LogP contribution in [0.1, 0.15) is 27.7 Å². The number of rotatable bonds is 9. The van der Waals surface area contributed by atoms with Crippen LogP contribution in [0.15, 0.2) is 0 Å². The first-order valence-corrected chi connectivity index (χ1v) is 8.57. The summed E-state index contributed by atoms with van der Waals surface area (Å²) in [4.78, 5) is 0. The van der Waals surface area contributed by atoms with E-state index in [0.29, 0.717) is 19.6 Å². The highest BCUT2D eigenvalue weighted by Gasteiger charge is 2.47. The van der Waals surface area contributed by atoms with Gasteiger partial charge in [-0.05, 0) is 27.7 Å². The number of aliphatic hydroxyl groups excluding tert-OH is 3. The summed E-state index contributed by atoms with van der Waals surface area (Å²) in [7, 11) is 1.39. The fraction of sp³-hybridized carbons (Fsp3) is 1.00. The van der Waals surface area contributed by atoms with E-state index >= 15 is 0 Å². The third-order valence-corrected chi connectivity index (χ3v) is 3.69. The summed E-state index contributed by atoms with van der Waals surface area (Å²) in [5, 5.41) is 33.7. The second kappa shape index (κ2) is 10.1. The molecule has 1 fully saturated rings. The van der Waals surface area contributed by atoms with Gasteiger partial charge in [-0.1, -0.05) is 0 Å². The molecule has 0 aromatic heterocycles. The zero-order valence-corrected chi connectivity index (χ0v) is 15.7. The van der Waals surface area contributed by atoms with Gasteiger partial charge in [-0.3, -0.25) is 0 Å². The second-order valence-corrected chi connectivity index (χ2v) is 7.19. The molecule has 1 aliphatic rings. The summed E-state index contributed by atoms with van der Waals surface area (Å²) >= 11 is 0. The number of hydrogen-bond acceptors (Lipinski definition) is 9. The Bertz CT molecular complexity index is 378. The highest BCUT2D eigenvalue weighted by molar-refractivity contribution is 4.92. The van der Waals surface area contributed by atoms with Crippen molar-refractivity contribution in [3.05, 3.63) is 0 Å². The Morgan fingerprint density at radius 3 is 2.36 bits per heavy atom. The summed E-state index contributed by atoms with van der Waals surface area (Å²) in [5.41, 5.74) is 4.91. The largest absolute Gasteiger partial charge is 0.388 e. The number of nitrogens with one attached hydrogen (secondary N) is 1. The van der Waals surface area contributed by atoms with Crippen LogP contribution in [0.25, 0.3) is 0 Å². The van der Waals surface area contributed by atoms with E-state index < -0.39 is 48.7 Å². The monoisotopic (exact) mass is 366 g/mol. The Kier molecular flexibility index (Phi) is 9.16. The lowest BCUT2D eigenvalue weighted by atomic mass is 9.98. The zero-order chi connectivity index (χ0) is 19.2. The van der Waals surface area contributed by atoms with Crippen molar-refractivity contribution < 1.29 is 34.3 Å². The highest BCUT2D eigenvalue weighted by Crippen LogP contribution is 2.28. The van der Waals surface area contributed by atoms with Crippen LogP contribution in [0.3, 0.4) is 0 Å². The fourth-order valence-electron chi connectivity index (χ4n) is 2.55. The molecule has 0 bridgehead atoms. The van der Waals surface area contributed by atoms with E-state index in [9.17, 15) is 15.3 Å². The maximum atomic E-state index is 10.5. The predicted molar refractivity (Wildman–Crippen MR) is 90.8 cm³/mol. The molecule has 9 nitrogen and oxygen atoms in total. The van der Waals surface area contributed by atoms with Crippen LogP contribution in [-0.2, 0) is 18.9 Å². The van der Waals surface area contributed by atoms with E-state index in [1.54, 1.807) is 0 Å². The van der Waals surface area contributed by atoms with Crippen molar-refractivity contribution in [3.8, 4) is 0 Å². The molecule has 1 rings (SSSR count). The van der Waals surface area contributed by atoms with E-state index in [2.05, 4.69) is 5.32 Å². The Morgan fingerprint density at radius 2 is 1.88 bits per heavy atom. The summed E-state index contributed by atoms with van der Waals surface area (Å²) in [6, 6.07) is 0. The van der Waals surface area contributed by atoms with Gasteiger partial charge in [0.1, 0.15) is 30.5 Å². The number of ether oxygens (including phenoxy) is 4. The third-order valence-electron chi connectivity index (χ3n) is 3.69. The van der Waals surface area contributed by atoms with Crippen molar-refractivity contribution in [1.82, 2.24) is 5.32 Å². The Hall–Kier alpha value is -0.360. The van der Waals surface area contributed by atoms with E-state index in [0.717, 1.165) is 0 Å². The van der Waals surface area contributed by atoms with Crippen molar-refractivity contribution >= 4 is 0 Å². The molecule has 150 valence electrons. The van der Waals surface area contributed by atoms with Crippen molar-refractivity contribution in [2.75, 3.05) is 26.7 Å². The topological polar surface area (TPSA) is 136 Å². The van der Waals surface area contributed by atoms with E-state index in [4.69, 9.17) is 24.7 Å². The van der Waals surface area contributed by atoms with Crippen LogP contribution >= 0.6 is 0 Å². The molecule has 0 saturated carbocycles. The molecule has 25 heavy (non-hydrogen) atoms. The molecule has 7 atom stereocenters. The van der Waals surface area contributed by atoms with Gasteiger partial charge in [0.25, 0.3) is 0 Å². The molecule has 0 aromatic rings. The standard InChI is InChI=1S/C16H34N2O7/c1-9(19)14(22-5)24-13-10(8-18-7-6-17)23-15(12(21)11(13)20)25-16(2,3)4/h9-15,18-21H,6-8,17H2,1-5H3. The lowest BCUT2D eigenvalue weighted by molar-refractivity contribution is -0.340. The first kappa shape index (κ1) is 22.7. The number of aliphatic hydroxyl groups is 3. The fourth-order valence-corrected chi connectivity index (χ4v) is 2.55. The number of methoxy groups -OCH3 is 1. The van der Waals surface area contributed by atoms with Crippen LogP contribution in [0.5, 0.6) is 0 Å². The molecule has 1 aliphatic heterocycles. The van der Waals surface area contributed by atoms with Gasteiger partial charge in [0, 0.05) is 26.7 Å². The molecule has 9 heteroatoms. The Balaban J connectivity index is 2.90. The molecule has 0 amide bonds. The second-order valence-electron chi connectivity index (χ2n) is 7.19. The minimum absolute atomic E-state index is 0.325. The van der Waals surface area contributed by atoms with Gasteiger partial charge in [0.2, 0.25) is 0 Å². The molecule has 1 saturated heterocycles. The SMILES string of the molecule is COC(OC1C(CNCCN)OC(OC(C)(C)C)C(O)C1O)C(C)O. The Morgan fingerprint density at radius 1 is 1.24 bits per heavy atom. The predicted octanol–water partition coefficient (Wildman–Crippen LogP) is -1.46. The van der Waals surface area contributed by atoms with Crippen LogP contribution in [0, 0.1) is 0 Å². The van der Waals surface area contributed by atoms with Crippen LogP contribution in [0.4, 0.5) is 0 Å².